The summed E-state index contributed by atoms with van der Waals surface area (Å²) in [6.07, 6.45) is 5.82. The third kappa shape index (κ3) is 3.96. The van der Waals surface area contributed by atoms with Crippen LogP contribution >= 0.6 is 0 Å². The Balaban J connectivity index is 4.03. The number of hydrogen-bond acceptors (Lipinski definition) is 2. The molecule has 0 unspecified atom stereocenters. The minimum absolute atomic E-state index is 0.0570. The van der Waals surface area contributed by atoms with Gasteiger partial charge in [-0.3, -0.25) is 4.79 Å². The molecule has 0 aliphatic heterocycles. The molecule has 12 heavy (non-hydrogen) atoms. The Morgan fingerprint density at radius 1 is 1.50 bits per heavy atom. The lowest BCUT2D eigenvalue weighted by molar-refractivity contribution is -0.118. The predicted octanol–water partition coefficient (Wildman–Crippen LogP) is 2.46. The van der Waals surface area contributed by atoms with Crippen LogP contribution in [0.25, 0.3) is 0 Å². The average molecular weight is 168 g/mol. The van der Waals surface area contributed by atoms with Crippen LogP contribution in [0.3, 0.4) is 0 Å². The zero-order valence-electron chi connectivity index (χ0n) is 7.80. The van der Waals surface area contributed by atoms with Crippen LogP contribution in [0.15, 0.2) is 24.5 Å². The summed E-state index contributed by atoms with van der Waals surface area (Å²) in [6.45, 7) is 5.42. The van der Waals surface area contributed by atoms with Crippen LogP contribution in [0.2, 0.25) is 0 Å². The Morgan fingerprint density at radius 2 is 2.17 bits per heavy atom. The summed E-state index contributed by atoms with van der Waals surface area (Å²) in [5.41, 5.74) is 0. The summed E-state index contributed by atoms with van der Waals surface area (Å²) < 4.78 is 4.93. The lowest BCUT2D eigenvalue weighted by atomic mass is 10.2. The van der Waals surface area contributed by atoms with Crippen molar-refractivity contribution in [3.8, 4) is 0 Å². The molecule has 0 saturated heterocycles. The van der Waals surface area contributed by atoms with Gasteiger partial charge in [0, 0.05) is 6.42 Å². The van der Waals surface area contributed by atoms with Gasteiger partial charge in [0.05, 0.1) is 7.11 Å². The fourth-order valence-corrected chi connectivity index (χ4v) is 0.818. The van der Waals surface area contributed by atoms with E-state index in [2.05, 4.69) is 6.58 Å². The monoisotopic (exact) mass is 168 g/mol. The molecular formula is C10H16O2. The molecule has 0 amide bonds. The molecule has 2 heteroatoms. The molecule has 0 aromatic rings. The Kier molecular flexibility index (Phi) is 6.07. The van der Waals surface area contributed by atoms with Gasteiger partial charge >= 0.3 is 0 Å². The molecule has 0 spiro atoms. The van der Waals surface area contributed by atoms with E-state index in [1.165, 1.54) is 7.11 Å². The SMILES string of the molecule is C=CCCC=C(OC)C(=O)CC. The highest BCUT2D eigenvalue weighted by atomic mass is 16.5. The van der Waals surface area contributed by atoms with Crippen molar-refractivity contribution in [3.05, 3.63) is 24.5 Å². The number of methoxy groups -OCH3 is 1. The quantitative estimate of drug-likeness (QED) is 0.263. The van der Waals surface area contributed by atoms with Crippen molar-refractivity contribution < 1.29 is 9.53 Å². The first-order chi connectivity index (χ1) is 5.76. The summed E-state index contributed by atoms with van der Waals surface area (Å²) >= 11 is 0. The van der Waals surface area contributed by atoms with Crippen molar-refractivity contribution >= 4 is 5.78 Å². The Labute approximate surface area is 73.9 Å². The molecule has 0 saturated carbocycles. The number of ether oxygens (including phenoxy) is 1. The molecule has 0 bridgehead atoms. The van der Waals surface area contributed by atoms with Crippen molar-refractivity contribution in [3.63, 3.8) is 0 Å². The van der Waals surface area contributed by atoms with E-state index >= 15 is 0 Å². The zero-order valence-corrected chi connectivity index (χ0v) is 7.80. The average Bonchev–Trinajstić information content (AvgIpc) is 2.11. The van der Waals surface area contributed by atoms with Crippen molar-refractivity contribution in [2.45, 2.75) is 26.2 Å². The number of unbranched alkanes of at least 4 members (excludes halogenated alkanes) is 1. The Hall–Kier alpha value is -1.05. The van der Waals surface area contributed by atoms with E-state index in [4.69, 9.17) is 4.74 Å². The van der Waals surface area contributed by atoms with Crippen molar-refractivity contribution in [1.29, 1.82) is 0 Å². The molecule has 0 N–H and O–H groups in total. The lowest BCUT2D eigenvalue weighted by Crippen LogP contribution is -2.02. The minimum atomic E-state index is 0.0570. The fourth-order valence-electron chi connectivity index (χ4n) is 0.818. The molecule has 0 atom stereocenters. The first-order valence-electron chi connectivity index (χ1n) is 4.14. The maximum Gasteiger partial charge on any atom is 0.196 e. The van der Waals surface area contributed by atoms with Gasteiger partial charge in [0.1, 0.15) is 0 Å². The van der Waals surface area contributed by atoms with Gasteiger partial charge in [-0.25, -0.2) is 0 Å². The van der Waals surface area contributed by atoms with E-state index in [9.17, 15) is 4.79 Å². The third-order valence-corrected chi connectivity index (χ3v) is 1.52. The second-order valence-corrected chi connectivity index (χ2v) is 2.42. The molecule has 0 aliphatic carbocycles. The Morgan fingerprint density at radius 3 is 2.58 bits per heavy atom. The summed E-state index contributed by atoms with van der Waals surface area (Å²) in [7, 11) is 1.52. The van der Waals surface area contributed by atoms with Gasteiger partial charge in [0.15, 0.2) is 11.5 Å². The number of hydrogen-bond donors (Lipinski definition) is 0. The largest absolute Gasteiger partial charge is 0.493 e. The summed E-state index contributed by atoms with van der Waals surface area (Å²) in [5, 5.41) is 0. The van der Waals surface area contributed by atoms with Gasteiger partial charge in [0.2, 0.25) is 0 Å². The number of rotatable bonds is 6. The maximum absolute atomic E-state index is 11.1. The maximum atomic E-state index is 11.1. The lowest BCUT2D eigenvalue weighted by Gasteiger charge is -2.01. The van der Waals surface area contributed by atoms with Gasteiger partial charge in [-0.15, -0.1) is 6.58 Å². The van der Waals surface area contributed by atoms with Crippen LogP contribution < -0.4 is 0 Å². The van der Waals surface area contributed by atoms with Crippen LogP contribution in [-0.4, -0.2) is 12.9 Å². The second-order valence-electron chi connectivity index (χ2n) is 2.42. The molecule has 0 aliphatic rings. The summed E-state index contributed by atoms with van der Waals surface area (Å²) in [4.78, 5) is 11.1. The van der Waals surface area contributed by atoms with Gasteiger partial charge in [-0.2, -0.15) is 0 Å². The van der Waals surface area contributed by atoms with Gasteiger partial charge < -0.3 is 4.74 Å². The first-order valence-corrected chi connectivity index (χ1v) is 4.14. The normalized spacial score (nSPS) is 11.0. The van der Waals surface area contributed by atoms with E-state index in [1.807, 2.05) is 19.1 Å². The highest BCUT2D eigenvalue weighted by Gasteiger charge is 2.04. The van der Waals surface area contributed by atoms with Crippen LogP contribution in [0.5, 0.6) is 0 Å². The summed E-state index contributed by atoms with van der Waals surface area (Å²) in [5.74, 6) is 0.529. The molecule has 0 aromatic heterocycles. The van der Waals surface area contributed by atoms with Crippen molar-refractivity contribution in [2.24, 2.45) is 0 Å². The van der Waals surface area contributed by atoms with Crippen molar-refractivity contribution in [1.82, 2.24) is 0 Å². The fraction of sp³-hybridized carbons (Fsp3) is 0.500. The number of carbonyl (C=O) groups excluding carboxylic acids is 1. The van der Waals surface area contributed by atoms with Crippen LogP contribution in [-0.2, 0) is 9.53 Å². The number of carbonyl (C=O) groups is 1. The Bertz CT molecular complexity index is 180. The van der Waals surface area contributed by atoms with Crippen LogP contribution in [0.1, 0.15) is 26.2 Å². The molecular weight excluding hydrogens is 152 g/mol. The van der Waals surface area contributed by atoms with Crippen LogP contribution in [0, 0.1) is 0 Å². The molecule has 0 aromatic carbocycles. The predicted molar refractivity (Wildman–Crippen MR) is 49.8 cm³/mol. The van der Waals surface area contributed by atoms with Crippen LogP contribution in [0.4, 0.5) is 0 Å². The van der Waals surface area contributed by atoms with E-state index in [0.717, 1.165) is 12.8 Å². The minimum Gasteiger partial charge on any atom is -0.493 e. The standard InChI is InChI=1S/C10H16O2/c1-4-6-7-8-10(12-3)9(11)5-2/h4,8H,1,5-7H2,2-3H3. The second kappa shape index (κ2) is 6.65. The topological polar surface area (TPSA) is 26.3 Å². The van der Waals surface area contributed by atoms with Crippen molar-refractivity contribution in [2.75, 3.05) is 7.11 Å². The number of allylic oxidation sites excluding steroid dienone is 3. The smallest absolute Gasteiger partial charge is 0.196 e. The van der Waals surface area contributed by atoms with E-state index in [-0.39, 0.29) is 5.78 Å². The molecule has 68 valence electrons. The first kappa shape index (κ1) is 11.0. The van der Waals surface area contributed by atoms with E-state index in [1.54, 1.807) is 0 Å². The van der Waals surface area contributed by atoms with Gasteiger partial charge in [-0.1, -0.05) is 13.0 Å². The third-order valence-electron chi connectivity index (χ3n) is 1.52. The molecule has 0 rings (SSSR count). The van der Waals surface area contributed by atoms with Gasteiger partial charge in [-0.05, 0) is 18.9 Å². The molecule has 0 heterocycles. The molecule has 2 nitrogen and oxygen atoms in total. The number of Topliss-reactive ketones (excluding diaryl/α,β-unsaturated/α-hetero) is 1. The summed E-state index contributed by atoms with van der Waals surface area (Å²) in [6, 6.07) is 0. The zero-order chi connectivity index (χ0) is 9.40. The van der Waals surface area contributed by atoms with E-state index in [0.29, 0.717) is 12.2 Å². The van der Waals surface area contributed by atoms with Gasteiger partial charge in [0.25, 0.3) is 0 Å². The molecule has 0 radical (unpaired) electrons. The highest BCUT2D eigenvalue weighted by molar-refractivity contribution is 5.93. The number of ketones is 1. The highest BCUT2D eigenvalue weighted by Crippen LogP contribution is 2.04. The molecule has 0 fully saturated rings. The van der Waals surface area contributed by atoms with E-state index < -0.39 is 0 Å².